The van der Waals surface area contributed by atoms with Gasteiger partial charge in [0, 0.05) is 16.6 Å². The second-order valence-electron chi connectivity index (χ2n) is 5.59. The van der Waals surface area contributed by atoms with Crippen molar-refractivity contribution in [3.8, 4) is 17.0 Å². The van der Waals surface area contributed by atoms with Crippen LogP contribution in [0.25, 0.3) is 11.3 Å². The van der Waals surface area contributed by atoms with Gasteiger partial charge in [-0.15, -0.1) is 11.3 Å². The van der Waals surface area contributed by atoms with Gasteiger partial charge in [0.25, 0.3) is 10.0 Å². The van der Waals surface area contributed by atoms with E-state index < -0.39 is 10.0 Å². The van der Waals surface area contributed by atoms with Crippen molar-refractivity contribution in [1.82, 2.24) is 4.98 Å². The van der Waals surface area contributed by atoms with Crippen LogP contribution in [0.5, 0.6) is 5.75 Å². The summed E-state index contributed by atoms with van der Waals surface area (Å²) in [5.74, 6) is 0.288. The summed E-state index contributed by atoms with van der Waals surface area (Å²) in [6, 6.07) is 12.2. The van der Waals surface area contributed by atoms with Crippen LogP contribution in [0.1, 0.15) is 10.6 Å². The zero-order valence-electron chi connectivity index (χ0n) is 14.1. The maximum Gasteiger partial charge on any atom is 0.265 e. The lowest BCUT2D eigenvalue weighted by Crippen LogP contribution is -2.14. The molecule has 0 saturated carbocycles. The van der Waals surface area contributed by atoms with Gasteiger partial charge in [-0.2, -0.15) is 0 Å². The van der Waals surface area contributed by atoms with Crippen molar-refractivity contribution >= 4 is 27.0 Å². The minimum atomic E-state index is -3.80. The molecule has 5 nitrogen and oxygen atoms in total. The first-order chi connectivity index (χ1) is 11.9. The molecule has 0 aliphatic carbocycles. The highest BCUT2D eigenvalue weighted by molar-refractivity contribution is 7.92. The minimum absolute atomic E-state index is 0.0830. The van der Waals surface area contributed by atoms with Crippen molar-refractivity contribution in [2.45, 2.75) is 18.7 Å². The quantitative estimate of drug-likeness (QED) is 0.725. The molecule has 0 amide bonds. The monoisotopic (exact) mass is 374 g/mol. The molecule has 1 heterocycles. The summed E-state index contributed by atoms with van der Waals surface area (Å²) >= 11 is 1.52. The Bertz CT molecular complexity index is 1010. The molecule has 0 radical (unpaired) electrons. The van der Waals surface area contributed by atoms with E-state index in [4.69, 9.17) is 4.74 Å². The largest absolute Gasteiger partial charge is 0.495 e. The highest BCUT2D eigenvalue weighted by atomic mass is 32.2. The summed E-state index contributed by atoms with van der Waals surface area (Å²) in [6.07, 6.45) is 0. The molecule has 25 heavy (non-hydrogen) atoms. The number of methoxy groups -OCH3 is 1. The van der Waals surface area contributed by atoms with Crippen LogP contribution >= 0.6 is 11.3 Å². The van der Waals surface area contributed by atoms with Gasteiger partial charge in [-0.1, -0.05) is 12.1 Å². The maximum atomic E-state index is 12.9. The summed E-state index contributed by atoms with van der Waals surface area (Å²) < 4.78 is 33.6. The second-order valence-corrected chi connectivity index (χ2v) is 8.31. The van der Waals surface area contributed by atoms with Crippen LogP contribution in [0, 0.1) is 13.8 Å². The first-order valence-electron chi connectivity index (χ1n) is 7.59. The summed E-state index contributed by atoms with van der Waals surface area (Å²) in [5, 5.41) is 2.83. The Kier molecular flexibility index (Phi) is 4.78. The number of hydrogen-bond acceptors (Lipinski definition) is 5. The van der Waals surface area contributed by atoms with Crippen molar-refractivity contribution in [3.63, 3.8) is 0 Å². The van der Waals surface area contributed by atoms with Crippen molar-refractivity contribution in [3.05, 3.63) is 58.4 Å². The molecule has 0 bridgehead atoms. The molecule has 0 aliphatic rings. The van der Waals surface area contributed by atoms with E-state index in [1.54, 1.807) is 36.4 Å². The fourth-order valence-electron chi connectivity index (χ4n) is 2.46. The molecule has 130 valence electrons. The molecule has 0 atom stereocenters. The number of thiazole rings is 1. The number of hydrogen-bond donors (Lipinski definition) is 1. The van der Waals surface area contributed by atoms with Crippen LogP contribution in [0.15, 0.2) is 52.7 Å². The molecule has 0 saturated heterocycles. The normalized spacial score (nSPS) is 11.3. The van der Waals surface area contributed by atoms with Gasteiger partial charge in [-0.3, -0.25) is 4.72 Å². The highest BCUT2D eigenvalue weighted by Crippen LogP contribution is 2.31. The molecule has 3 rings (SSSR count). The Morgan fingerprint density at radius 2 is 1.92 bits per heavy atom. The fraction of sp³-hybridized carbons (Fsp3) is 0.167. The number of anilines is 1. The number of aromatic nitrogens is 1. The summed E-state index contributed by atoms with van der Waals surface area (Å²) in [5.41, 5.74) is 2.96. The van der Waals surface area contributed by atoms with Crippen molar-refractivity contribution in [2.75, 3.05) is 11.8 Å². The number of sulfonamides is 1. The van der Waals surface area contributed by atoms with Gasteiger partial charge >= 0.3 is 0 Å². The molecule has 0 aliphatic heterocycles. The molecule has 2 aromatic carbocycles. The van der Waals surface area contributed by atoms with E-state index >= 15 is 0 Å². The predicted octanol–water partition coefficient (Wildman–Crippen LogP) is 4.24. The van der Waals surface area contributed by atoms with Crippen molar-refractivity contribution < 1.29 is 13.2 Å². The summed E-state index contributed by atoms with van der Waals surface area (Å²) in [4.78, 5) is 4.50. The third kappa shape index (κ3) is 3.83. The van der Waals surface area contributed by atoms with Gasteiger partial charge in [0.05, 0.1) is 17.8 Å². The number of rotatable bonds is 5. The van der Waals surface area contributed by atoms with Crippen molar-refractivity contribution in [1.29, 1.82) is 0 Å². The highest BCUT2D eigenvalue weighted by Gasteiger charge is 2.21. The second kappa shape index (κ2) is 6.85. The summed E-state index contributed by atoms with van der Waals surface area (Å²) in [7, 11) is -2.34. The smallest absolute Gasteiger partial charge is 0.265 e. The molecular formula is C18H18N2O3S2. The molecule has 1 N–H and O–H groups in total. The standard InChI is InChI=1S/C18H18N2O3S2/c1-12-5-4-6-15(9-12)20-25(21,22)18-10-14(7-8-17(18)23-3)16-11-24-13(2)19-16/h4-11,20H,1-3H3. The SMILES string of the molecule is COc1ccc(-c2csc(C)n2)cc1S(=O)(=O)Nc1cccc(C)c1. The Balaban J connectivity index is 2.04. The molecule has 0 fully saturated rings. The van der Waals surface area contributed by atoms with Crippen LogP contribution in [-0.2, 0) is 10.0 Å². The molecule has 3 aromatic rings. The lowest BCUT2D eigenvalue weighted by atomic mass is 10.2. The van der Waals surface area contributed by atoms with E-state index in [1.807, 2.05) is 25.3 Å². The van der Waals surface area contributed by atoms with Crippen LogP contribution in [0.3, 0.4) is 0 Å². The average Bonchev–Trinajstić information content (AvgIpc) is 3.00. The number of nitrogens with one attached hydrogen (secondary N) is 1. The maximum absolute atomic E-state index is 12.9. The molecular weight excluding hydrogens is 356 g/mol. The molecule has 0 spiro atoms. The van der Waals surface area contributed by atoms with Crippen LogP contribution in [-0.4, -0.2) is 20.5 Å². The van der Waals surface area contributed by atoms with Gasteiger partial charge < -0.3 is 4.74 Å². The van der Waals surface area contributed by atoms with E-state index in [1.165, 1.54) is 18.4 Å². The molecule has 0 unspecified atom stereocenters. The zero-order valence-corrected chi connectivity index (χ0v) is 15.7. The van der Waals surface area contributed by atoms with Gasteiger partial charge in [-0.25, -0.2) is 13.4 Å². The van der Waals surface area contributed by atoms with Gasteiger partial charge in [0.15, 0.2) is 0 Å². The lowest BCUT2D eigenvalue weighted by molar-refractivity contribution is 0.403. The first-order valence-corrected chi connectivity index (χ1v) is 9.95. The number of nitrogens with zero attached hydrogens (tertiary/aromatic N) is 1. The Labute approximate surface area is 151 Å². The number of aryl methyl sites for hydroxylation is 2. The minimum Gasteiger partial charge on any atom is -0.495 e. The van der Waals surface area contributed by atoms with E-state index in [0.29, 0.717) is 5.69 Å². The van der Waals surface area contributed by atoms with Crippen LogP contribution < -0.4 is 9.46 Å². The van der Waals surface area contributed by atoms with Gasteiger partial charge in [0.2, 0.25) is 0 Å². The van der Waals surface area contributed by atoms with E-state index in [2.05, 4.69) is 9.71 Å². The topological polar surface area (TPSA) is 68.3 Å². The Morgan fingerprint density at radius 1 is 1.12 bits per heavy atom. The Hall–Kier alpha value is -2.38. The third-order valence-corrected chi connectivity index (χ3v) is 5.81. The number of benzene rings is 2. The fourth-order valence-corrected chi connectivity index (χ4v) is 4.33. The Morgan fingerprint density at radius 3 is 2.56 bits per heavy atom. The molecule has 7 heteroatoms. The van der Waals surface area contributed by atoms with E-state index in [-0.39, 0.29) is 10.6 Å². The lowest BCUT2D eigenvalue weighted by Gasteiger charge is -2.13. The average molecular weight is 374 g/mol. The predicted molar refractivity (Wildman–Crippen MR) is 101 cm³/mol. The zero-order chi connectivity index (χ0) is 18.0. The number of ether oxygens (including phenoxy) is 1. The third-order valence-electron chi connectivity index (χ3n) is 3.64. The summed E-state index contributed by atoms with van der Waals surface area (Å²) in [6.45, 7) is 3.82. The van der Waals surface area contributed by atoms with Crippen molar-refractivity contribution in [2.24, 2.45) is 0 Å². The molecule has 1 aromatic heterocycles. The van der Waals surface area contributed by atoms with Crippen LogP contribution in [0.4, 0.5) is 5.69 Å². The first kappa shape index (κ1) is 17.4. The van der Waals surface area contributed by atoms with Gasteiger partial charge in [-0.05, 0) is 49.7 Å². The van der Waals surface area contributed by atoms with Gasteiger partial charge in [0.1, 0.15) is 10.6 Å². The van der Waals surface area contributed by atoms with E-state index in [0.717, 1.165) is 21.8 Å². The van der Waals surface area contributed by atoms with E-state index in [9.17, 15) is 8.42 Å². The van der Waals surface area contributed by atoms with Crippen LogP contribution in [0.2, 0.25) is 0 Å².